The van der Waals surface area contributed by atoms with Gasteiger partial charge in [0.1, 0.15) is 5.82 Å². The average molecular weight is 404 g/mol. The van der Waals surface area contributed by atoms with Crippen LogP contribution >= 0.6 is 11.3 Å². The number of piperidine rings is 1. The molecule has 0 aliphatic carbocycles. The molecule has 0 saturated carbocycles. The first-order chi connectivity index (χ1) is 13.5. The van der Waals surface area contributed by atoms with Crippen molar-refractivity contribution < 1.29 is 14.0 Å². The Hall–Kier alpha value is -2.25. The Kier molecular flexibility index (Phi) is 6.80. The Bertz CT molecular complexity index is 784. The Morgan fingerprint density at radius 2 is 1.89 bits per heavy atom. The van der Waals surface area contributed by atoms with Crippen LogP contribution in [-0.4, -0.2) is 55.3 Å². The first-order valence-corrected chi connectivity index (χ1v) is 10.4. The van der Waals surface area contributed by atoms with Gasteiger partial charge in [0, 0.05) is 36.0 Å². The molecule has 1 aromatic heterocycles. The van der Waals surface area contributed by atoms with Gasteiger partial charge < -0.3 is 15.1 Å². The molecule has 1 N–H and O–H groups in total. The minimum atomic E-state index is -0.356. The van der Waals surface area contributed by atoms with Gasteiger partial charge in [-0.15, -0.1) is 11.3 Å². The third kappa shape index (κ3) is 4.97. The molecule has 150 valence electrons. The lowest BCUT2D eigenvalue weighted by atomic mass is 9.95. The number of rotatable bonds is 6. The predicted octanol–water partition coefficient (Wildman–Crippen LogP) is 3.16. The first-order valence-electron chi connectivity index (χ1n) is 9.48. The number of likely N-dealkylation sites (N-methyl/N-ethyl adjacent to an activating group) is 1. The third-order valence-electron chi connectivity index (χ3n) is 5.21. The van der Waals surface area contributed by atoms with Gasteiger partial charge in [-0.05, 0) is 62.6 Å². The summed E-state index contributed by atoms with van der Waals surface area (Å²) in [7, 11) is 4.02. The molecule has 5 nitrogen and oxygen atoms in total. The van der Waals surface area contributed by atoms with E-state index in [1.165, 1.54) is 29.1 Å². The first kappa shape index (κ1) is 20.5. The maximum Gasteiger partial charge on any atom is 0.253 e. The van der Waals surface area contributed by atoms with Crippen LogP contribution in [0.4, 0.5) is 4.39 Å². The van der Waals surface area contributed by atoms with E-state index in [1.54, 1.807) is 16.2 Å². The number of carbonyl (C=O) groups excluding carboxylic acids is 2. The highest BCUT2D eigenvalue weighted by molar-refractivity contribution is 7.10. The number of nitrogens with zero attached hydrogens (tertiary/aromatic N) is 2. The van der Waals surface area contributed by atoms with Crippen LogP contribution in [-0.2, 0) is 4.79 Å². The number of amides is 2. The summed E-state index contributed by atoms with van der Waals surface area (Å²) in [6.45, 7) is 1.65. The quantitative estimate of drug-likeness (QED) is 0.806. The van der Waals surface area contributed by atoms with E-state index in [-0.39, 0.29) is 29.6 Å². The standard InChI is InChI=1S/C21H26FN3O2S/c1-24(2)18(19-4-3-13-28-19)14-23-20(26)15-9-11-25(12-10-15)21(27)16-5-7-17(22)8-6-16/h3-8,13,15,18H,9-12,14H2,1-2H3,(H,23,26). The van der Waals surface area contributed by atoms with Crippen LogP contribution in [0.2, 0.25) is 0 Å². The van der Waals surface area contributed by atoms with E-state index in [9.17, 15) is 14.0 Å². The minimum absolute atomic E-state index is 0.0530. The highest BCUT2D eigenvalue weighted by atomic mass is 32.1. The summed E-state index contributed by atoms with van der Waals surface area (Å²) >= 11 is 1.69. The fourth-order valence-corrected chi connectivity index (χ4v) is 4.40. The smallest absolute Gasteiger partial charge is 0.253 e. The Balaban J connectivity index is 1.49. The van der Waals surface area contributed by atoms with Crippen molar-refractivity contribution in [3.8, 4) is 0 Å². The molecule has 1 aliphatic rings. The number of benzene rings is 1. The van der Waals surface area contributed by atoms with Gasteiger partial charge in [-0.25, -0.2) is 4.39 Å². The van der Waals surface area contributed by atoms with Crippen molar-refractivity contribution in [2.75, 3.05) is 33.7 Å². The van der Waals surface area contributed by atoms with Gasteiger partial charge in [0.25, 0.3) is 5.91 Å². The summed E-state index contributed by atoms with van der Waals surface area (Å²) in [5, 5.41) is 5.13. The Labute approximate surface area is 169 Å². The summed E-state index contributed by atoms with van der Waals surface area (Å²) in [6, 6.07) is 9.85. The van der Waals surface area contributed by atoms with Crippen molar-refractivity contribution in [2.45, 2.75) is 18.9 Å². The van der Waals surface area contributed by atoms with Crippen molar-refractivity contribution in [1.82, 2.24) is 15.1 Å². The zero-order valence-electron chi connectivity index (χ0n) is 16.2. The summed E-state index contributed by atoms with van der Waals surface area (Å²) in [4.78, 5) is 30.2. The molecule has 1 atom stereocenters. The lowest BCUT2D eigenvalue weighted by Gasteiger charge is -2.32. The van der Waals surface area contributed by atoms with E-state index in [1.807, 2.05) is 25.5 Å². The van der Waals surface area contributed by atoms with E-state index in [0.717, 1.165) is 0 Å². The molecule has 1 aromatic carbocycles. The van der Waals surface area contributed by atoms with Crippen LogP contribution in [0.25, 0.3) is 0 Å². The van der Waals surface area contributed by atoms with Gasteiger partial charge >= 0.3 is 0 Å². The zero-order chi connectivity index (χ0) is 20.1. The molecule has 0 radical (unpaired) electrons. The molecule has 1 saturated heterocycles. The molecule has 2 amide bonds. The van der Waals surface area contributed by atoms with Gasteiger partial charge in [-0.1, -0.05) is 6.07 Å². The second kappa shape index (κ2) is 9.30. The van der Waals surface area contributed by atoms with Crippen molar-refractivity contribution in [3.63, 3.8) is 0 Å². The fourth-order valence-electron chi connectivity index (χ4n) is 3.48. The molecule has 28 heavy (non-hydrogen) atoms. The van der Waals surface area contributed by atoms with Gasteiger partial charge in [0.15, 0.2) is 0 Å². The van der Waals surface area contributed by atoms with Crippen molar-refractivity contribution >= 4 is 23.2 Å². The molecule has 2 heterocycles. The number of halogens is 1. The summed E-state index contributed by atoms with van der Waals surface area (Å²) < 4.78 is 13.0. The summed E-state index contributed by atoms with van der Waals surface area (Å²) in [5.74, 6) is -0.490. The minimum Gasteiger partial charge on any atom is -0.354 e. The van der Waals surface area contributed by atoms with Gasteiger partial charge in [-0.2, -0.15) is 0 Å². The van der Waals surface area contributed by atoms with Crippen LogP contribution in [0.3, 0.4) is 0 Å². The van der Waals surface area contributed by atoms with Gasteiger partial charge in [0.05, 0.1) is 6.04 Å². The van der Waals surface area contributed by atoms with Crippen LogP contribution < -0.4 is 5.32 Å². The van der Waals surface area contributed by atoms with E-state index in [0.29, 0.717) is 38.0 Å². The average Bonchev–Trinajstić information content (AvgIpc) is 3.22. The fraction of sp³-hybridized carbons (Fsp3) is 0.429. The van der Waals surface area contributed by atoms with E-state index >= 15 is 0 Å². The lowest BCUT2D eigenvalue weighted by molar-refractivity contribution is -0.126. The molecular weight excluding hydrogens is 377 g/mol. The molecule has 0 spiro atoms. The number of nitrogens with one attached hydrogen (secondary N) is 1. The second-order valence-corrected chi connectivity index (χ2v) is 8.29. The van der Waals surface area contributed by atoms with Crippen LogP contribution in [0.5, 0.6) is 0 Å². The highest BCUT2D eigenvalue weighted by Crippen LogP contribution is 2.23. The largest absolute Gasteiger partial charge is 0.354 e. The topological polar surface area (TPSA) is 52.7 Å². The predicted molar refractivity (Wildman–Crippen MR) is 109 cm³/mol. The van der Waals surface area contributed by atoms with Crippen molar-refractivity contribution in [1.29, 1.82) is 0 Å². The normalized spacial score (nSPS) is 16.2. The number of hydrogen-bond donors (Lipinski definition) is 1. The molecule has 2 aromatic rings. The highest BCUT2D eigenvalue weighted by Gasteiger charge is 2.28. The summed E-state index contributed by atoms with van der Waals surface area (Å²) in [6.07, 6.45) is 1.29. The van der Waals surface area contributed by atoms with E-state index in [4.69, 9.17) is 0 Å². The van der Waals surface area contributed by atoms with Gasteiger partial charge in [0.2, 0.25) is 5.91 Å². The number of thiophene rings is 1. The Morgan fingerprint density at radius 1 is 1.21 bits per heavy atom. The molecular formula is C21H26FN3O2S. The maximum absolute atomic E-state index is 13.0. The molecule has 1 fully saturated rings. The Morgan fingerprint density at radius 3 is 2.46 bits per heavy atom. The van der Waals surface area contributed by atoms with Gasteiger partial charge in [-0.3, -0.25) is 9.59 Å². The van der Waals surface area contributed by atoms with E-state index < -0.39 is 0 Å². The zero-order valence-corrected chi connectivity index (χ0v) is 17.0. The third-order valence-corrected chi connectivity index (χ3v) is 6.18. The van der Waals surface area contributed by atoms with E-state index in [2.05, 4.69) is 16.3 Å². The van der Waals surface area contributed by atoms with Crippen molar-refractivity contribution in [2.24, 2.45) is 5.92 Å². The molecule has 7 heteroatoms. The second-order valence-electron chi connectivity index (χ2n) is 7.31. The number of likely N-dealkylation sites (tertiary alicyclic amines) is 1. The molecule has 1 aliphatic heterocycles. The monoisotopic (exact) mass is 403 g/mol. The number of hydrogen-bond acceptors (Lipinski definition) is 4. The maximum atomic E-state index is 13.0. The number of carbonyl (C=O) groups is 2. The van der Waals surface area contributed by atoms with Crippen LogP contribution in [0.1, 0.15) is 34.1 Å². The van der Waals surface area contributed by atoms with Crippen LogP contribution in [0, 0.1) is 11.7 Å². The lowest BCUT2D eigenvalue weighted by Crippen LogP contribution is -2.44. The molecule has 3 rings (SSSR count). The molecule has 0 bridgehead atoms. The molecule has 1 unspecified atom stereocenters. The SMILES string of the molecule is CN(C)C(CNC(=O)C1CCN(C(=O)c2ccc(F)cc2)CC1)c1cccs1. The van der Waals surface area contributed by atoms with Crippen molar-refractivity contribution in [3.05, 3.63) is 58.0 Å². The summed E-state index contributed by atoms with van der Waals surface area (Å²) in [5.41, 5.74) is 0.481. The van der Waals surface area contributed by atoms with Crippen LogP contribution in [0.15, 0.2) is 41.8 Å².